The molecule has 2 heterocycles. The number of nitrogens with one attached hydrogen (secondary N) is 1. The van der Waals surface area contributed by atoms with Crippen LogP contribution in [0.25, 0.3) is 11.6 Å². The first kappa shape index (κ1) is 17.0. The Morgan fingerprint density at radius 2 is 2.08 bits per heavy atom. The molecule has 0 saturated carbocycles. The van der Waals surface area contributed by atoms with Gasteiger partial charge in [0.25, 0.3) is 0 Å². The fraction of sp³-hybridized carbons (Fsp3) is 0.188. The first-order chi connectivity index (χ1) is 12.0. The van der Waals surface area contributed by atoms with Crippen molar-refractivity contribution in [3.63, 3.8) is 0 Å². The van der Waals surface area contributed by atoms with Crippen LogP contribution in [-0.2, 0) is 0 Å². The van der Waals surface area contributed by atoms with Crippen molar-refractivity contribution in [3.05, 3.63) is 52.0 Å². The van der Waals surface area contributed by atoms with E-state index in [1.807, 2.05) is 0 Å². The minimum absolute atomic E-state index is 0.170. The molecule has 0 bridgehead atoms. The summed E-state index contributed by atoms with van der Waals surface area (Å²) in [6.07, 6.45) is 3.08. The topological polar surface area (TPSA) is 68.3 Å². The van der Waals surface area contributed by atoms with Gasteiger partial charge in [0.05, 0.1) is 12.5 Å². The molecule has 0 unspecified atom stereocenters. The average molecular weight is 364 g/mol. The molecule has 1 aromatic carbocycles. The number of ether oxygens (including phenoxy) is 1. The third-order valence-electron chi connectivity index (χ3n) is 3.40. The van der Waals surface area contributed by atoms with Gasteiger partial charge in [-0.15, -0.1) is 5.10 Å². The molecule has 0 fully saturated rings. The molecule has 3 rings (SSSR count). The van der Waals surface area contributed by atoms with Crippen LogP contribution in [0.2, 0.25) is 0 Å². The zero-order chi connectivity index (χ0) is 18.0. The fourth-order valence-electron chi connectivity index (χ4n) is 2.42. The quantitative estimate of drug-likeness (QED) is 0.541. The van der Waals surface area contributed by atoms with Gasteiger partial charge < -0.3 is 9.15 Å². The van der Waals surface area contributed by atoms with Crippen LogP contribution in [0, 0.1) is 18.6 Å². The van der Waals surface area contributed by atoms with Crippen LogP contribution in [0.5, 0.6) is 5.75 Å². The van der Waals surface area contributed by atoms with Crippen molar-refractivity contribution in [1.29, 1.82) is 0 Å². The molecule has 0 saturated heterocycles. The monoisotopic (exact) mass is 364 g/mol. The molecular weight excluding hydrogens is 350 g/mol. The van der Waals surface area contributed by atoms with Gasteiger partial charge >= 0.3 is 6.61 Å². The second-order valence-corrected chi connectivity index (χ2v) is 5.64. The lowest BCUT2D eigenvalue weighted by molar-refractivity contribution is -0.0507. The Kier molecular flexibility index (Phi) is 4.75. The Morgan fingerprint density at radius 1 is 1.36 bits per heavy atom. The largest absolute Gasteiger partial charge is 0.461 e. The SMILES string of the molecule is Cc1cc(/C=N\n2c(-c3ccco3)n[nH]c2=S)cc(C)c1OC(F)F. The maximum Gasteiger partial charge on any atom is 0.387 e. The van der Waals surface area contributed by atoms with E-state index in [0.717, 1.165) is 0 Å². The lowest BCUT2D eigenvalue weighted by Gasteiger charge is -2.11. The number of aromatic amines is 1. The summed E-state index contributed by atoms with van der Waals surface area (Å²) >= 11 is 5.17. The standard InChI is InChI=1S/C16H14F2N4O2S/c1-9-6-11(7-10(2)13(9)24-15(17)18)8-19-22-14(20-21-16(22)25)12-4-3-5-23-12/h3-8,15H,1-2H3,(H,21,25)/b19-8-. The van der Waals surface area contributed by atoms with Crippen molar-refractivity contribution >= 4 is 18.4 Å². The molecule has 130 valence electrons. The predicted molar refractivity (Wildman–Crippen MR) is 90.7 cm³/mol. The number of hydrogen-bond donors (Lipinski definition) is 1. The number of alkyl halides is 2. The van der Waals surface area contributed by atoms with Crippen molar-refractivity contribution in [2.45, 2.75) is 20.5 Å². The van der Waals surface area contributed by atoms with Crippen LogP contribution in [0.1, 0.15) is 16.7 Å². The van der Waals surface area contributed by atoms with E-state index >= 15 is 0 Å². The average Bonchev–Trinajstić information content (AvgIpc) is 3.18. The molecule has 2 aromatic heterocycles. The number of benzene rings is 1. The summed E-state index contributed by atoms with van der Waals surface area (Å²) in [6, 6.07) is 6.87. The summed E-state index contributed by atoms with van der Waals surface area (Å²) in [5, 5.41) is 11.1. The molecule has 0 aliphatic carbocycles. The van der Waals surface area contributed by atoms with Gasteiger partial charge in [0.1, 0.15) is 5.75 Å². The van der Waals surface area contributed by atoms with Crippen LogP contribution < -0.4 is 4.74 Å². The highest BCUT2D eigenvalue weighted by atomic mass is 32.1. The smallest absolute Gasteiger partial charge is 0.387 e. The molecular formula is C16H14F2N4O2S. The van der Waals surface area contributed by atoms with Gasteiger partial charge in [-0.3, -0.25) is 0 Å². The molecule has 3 aromatic rings. The van der Waals surface area contributed by atoms with Crippen LogP contribution in [0.4, 0.5) is 8.78 Å². The van der Waals surface area contributed by atoms with E-state index in [2.05, 4.69) is 20.0 Å². The lowest BCUT2D eigenvalue weighted by Crippen LogP contribution is -2.05. The Balaban J connectivity index is 1.94. The molecule has 1 N–H and O–H groups in total. The summed E-state index contributed by atoms with van der Waals surface area (Å²) in [5.74, 6) is 1.11. The predicted octanol–water partition coefficient (Wildman–Crippen LogP) is 4.30. The number of furan rings is 1. The molecule has 6 nitrogen and oxygen atoms in total. The second kappa shape index (κ2) is 6.98. The zero-order valence-electron chi connectivity index (χ0n) is 13.4. The molecule has 0 aliphatic heterocycles. The molecule has 0 aliphatic rings. The minimum Gasteiger partial charge on any atom is -0.461 e. The third kappa shape index (κ3) is 3.66. The van der Waals surface area contributed by atoms with Gasteiger partial charge in [-0.2, -0.15) is 18.6 Å². The first-order valence-corrected chi connectivity index (χ1v) is 7.68. The van der Waals surface area contributed by atoms with Gasteiger partial charge in [0, 0.05) is 0 Å². The Hall–Kier alpha value is -2.81. The van der Waals surface area contributed by atoms with E-state index in [9.17, 15) is 8.78 Å². The van der Waals surface area contributed by atoms with E-state index < -0.39 is 6.61 Å². The Bertz CT molecular complexity index is 938. The van der Waals surface area contributed by atoms with E-state index in [4.69, 9.17) is 16.6 Å². The van der Waals surface area contributed by atoms with Crippen LogP contribution in [0.3, 0.4) is 0 Å². The minimum atomic E-state index is -2.86. The number of halogens is 2. The van der Waals surface area contributed by atoms with E-state index in [1.54, 1.807) is 44.3 Å². The van der Waals surface area contributed by atoms with Crippen molar-refractivity contribution in [2.24, 2.45) is 5.10 Å². The fourth-order valence-corrected chi connectivity index (χ4v) is 2.60. The summed E-state index contributed by atoms with van der Waals surface area (Å²) in [6.45, 7) is 0.525. The molecule has 0 spiro atoms. The molecule has 25 heavy (non-hydrogen) atoms. The van der Waals surface area contributed by atoms with Crippen LogP contribution >= 0.6 is 12.2 Å². The molecule has 0 radical (unpaired) electrons. The van der Waals surface area contributed by atoms with Gasteiger partial charge in [-0.05, 0) is 67.0 Å². The van der Waals surface area contributed by atoms with E-state index in [0.29, 0.717) is 33.0 Å². The molecule has 9 heteroatoms. The third-order valence-corrected chi connectivity index (χ3v) is 3.67. The highest BCUT2D eigenvalue weighted by Crippen LogP contribution is 2.26. The van der Waals surface area contributed by atoms with Crippen molar-refractivity contribution in [2.75, 3.05) is 0 Å². The van der Waals surface area contributed by atoms with Crippen molar-refractivity contribution in [1.82, 2.24) is 14.9 Å². The van der Waals surface area contributed by atoms with E-state index in [-0.39, 0.29) is 5.75 Å². The maximum atomic E-state index is 12.5. The molecule has 0 amide bonds. The summed E-state index contributed by atoms with van der Waals surface area (Å²) in [4.78, 5) is 0. The number of nitrogens with zero attached hydrogens (tertiary/aromatic N) is 3. The van der Waals surface area contributed by atoms with Gasteiger partial charge in [0.15, 0.2) is 5.76 Å². The number of hydrogen-bond acceptors (Lipinski definition) is 5. The van der Waals surface area contributed by atoms with Crippen molar-refractivity contribution < 1.29 is 17.9 Å². The Labute approximate surface area is 146 Å². The maximum absolute atomic E-state index is 12.5. The highest BCUT2D eigenvalue weighted by molar-refractivity contribution is 7.71. The number of rotatable bonds is 5. The lowest BCUT2D eigenvalue weighted by atomic mass is 10.1. The van der Waals surface area contributed by atoms with Gasteiger partial charge in [0.2, 0.25) is 10.6 Å². The molecule has 0 atom stereocenters. The summed E-state index contributed by atoms with van der Waals surface area (Å²) in [7, 11) is 0. The highest BCUT2D eigenvalue weighted by Gasteiger charge is 2.12. The van der Waals surface area contributed by atoms with Crippen LogP contribution in [0.15, 0.2) is 40.0 Å². The zero-order valence-corrected chi connectivity index (χ0v) is 14.2. The normalized spacial score (nSPS) is 11.6. The number of H-pyrrole nitrogens is 1. The summed E-state index contributed by atoms with van der Waals surface area (Å²) < 4.78 is 36.5. The Morgan fingerprint density at radius 3 is 2.68 bits per heavy atom. The van der Waals surface area contributed by atoms with Crippen molar-refractivity contribution in [3.8, 4) is 17.3 Å². The number of aromatic nitrogens is 3. The van der Waals surface area contributed by atoms with Gasteiger partial charge in [-0.25, -0.2) is 5.10 Å². The van der Waals surface area contributed by atoms with Gasteiger partial charge in [-0.1, -0.05) is 0 Å². The van der Waals surface area contributed by atoms with Crippen LogP contribution in [-0.4, -0.2) is 27.7 Å². The second-order valence-electron chi connectivity index (χ2n) is 5.25. The van der Waals surface area contributed by atoms with E-state index in [1.165, 1.54) is 10.9 Å². The summed E-state index contributed by atoms with van der Waals surface area (Å²) in [5.41, 5.74) is 1.89. The first-order valence-electron chi connectivity index (χ1n) is 7.27. The number of aryl methyl sites for hydroxylation is 2.